The van der Waals surface area contributed by atoms with Gasteiger partial charge < -0.3 is 9.73 Å². The molecule has 0 aromatic carbocycles. The molecule has 1 aliphatic rings. The highest BCUT2D eigenvalue weighted by atomic mass is 16.4. The second kappa shape index (κ2) is 5.64. The van der Waals surface area contributed by atoms with Crippen molar-refractivity contribution in [2.75, 3.05) is 5.32 Å². The summed E-state index contributed by atoms with van der Waals surface area (Å²) >= 11 is 0. The fraction of sp³-hybridized carbons (Fsp3) is 0.643. The largest absolute Gasteiger partial charge is 0.408 e. The first-order chi connectivity index (χ1) is 9.72. The van der Waals surface area contributed by atoms with Crippen LogP contribution in [0.4, 0.5) is 6.01 Å². The number of aryl methyl sites for hydroxylation is 2. The van der Waals surface area contributed by atoms with Crippen LogP contribution in [0.2, 0.25) is 0 Å². The van der Waals surface area contributed by atoms with Crippen molar-refractivity contribution in [1.82, 2.24) is 20.0 Å². The van der Waals surface area contributed by atoms with Crippen LogP contribution < -0.4 is 5.32 Å². The van der Waals surface area contributed by atoms with Gasteiger partial charge in [0.05, 0.1) is 5.69 Å². The Morgan fingerprint density at radius 1 is 1.30 bits per heavy atom. The zero-order chi connectivity index (χ0) is 13.9. The van der Waals surface area contributed by atoms with Crippen molar-refractivity contribution in [3.05, 3.63) is 23.3 Å². The van der Waals surface area contributed by atoms with Crippen LogP contribution in [0.25, 0.3) is 0 Å². The Hall–Kier alpha value is -1.85. The molecular formula is C14H21N5O. The molecule has 0 saturated heterocycles. The molecule has 0 atom stereocenters. The van der Waals surface area contributed by atoms with Crippen LogP contribution in [0.3, 0.4) is 0 Å². The summed E-state index contributed by atoms with van der Waals surface area (Å²) in [4.78, 5) is 0. The number of aromatic nitrogens is 4. The lowest BCUT2D eigenvalue weighted by molar-refractivity contribution is 0.432. The maximum atomic E-state index is 5.34. The molecule has 6 heteroatoms. The minimum atomic E-state index is 0.473. The first-order valence-corrected chi connectivity index (χ1v) is 7.29. The van der Waals surface area contributed by atoms with Gasteiger partial charge in [0.1, 0.15) is 0 Å². The third kappa shape index (κ3) is 2.84. The van der Waals surface area contributed by atoms with Gasteiger partial charge in [0.25, 0.3) is 0 Å². The minimum absolute atomic E-state index is 0.473. The monoisotopic (exact) mass is 275 g/mol. The molecule has 2 aromatic heterocycles. The second-order valence-electron chi connectivity index (χ2n) is 5.53. The van der Waals surface area contributed by atoms with Crippen molar-refractivity contribution in [3.63, 3.8) is 0 Å². The van der Waals surface area contributed by atoms with Gasteiger partial charge in [-0.25, -0.2) is 0 Å². The molecule has 0 radical (unpaired) electrons. The number of nitrogens with one attached hydrogen (secondary N) is 1. The molecule has 3 rings (SSSR count). The van der Waals surface area contributed by atoms with E-state index in [0.717, 1.165) is 0 Å². The van der Waals surface area contributed by atoms with Gasteiger partial charge in [0.2, 0.25) is 5.89 Å². The molecule has 2 heterocycles. The lowest BCUT2D eigenvalue weighted by Crippen LogP contribution is -2.09. The van der Waals surface area contributed by atoms with Crippen molar-refractivity contribution < 1.29 is 4.42 Å². The normalized spacial score (nSPS) is 16.5. The molecule has 1 saturated carbocycles. The lowest BCUT2D eigenvalue weighted by atomic mass is 9.85. The maximum Gasteiger partial charge on any atom is 0.315 e. The number of rotatable bonds is 4. The molecule has 0 spiro atoms. The Morgan fingerprint density at radius 2 is 2.10 bits per heavy atom. The predicted molar refractivity (Wildman–Crippen MR) is 75.4 cm³/mol. The zero-order valence-corrected chi connectivity index (χ0v) is 12.1. The molecule has 20 heavy (non-hydrogen) atoms. The van der Waals surface area contributed by atoms with Crippen molar-refractivity contribution in [2.45, 2.75) is 51.5 Å². The van der Waals surface area contributed by atoms with Gasteiger partial charge in [0, 0.05) is 38.2 Å². The molecule has 0 unspecified atom stereocenters. The molecule has 108 valence electrons. The molecule has 0 aliphatic heterocycles. The summed E-state index contributed by atoms with van der Waals surface area (Å²) in [5.41, 5.74) is 2.46. The van der Waals surface area contributed by atoms with Crippen LogP contribution in [-0.2, 0) is 13.6 Å². The van der Waals surface area contributed by atoms with E-state index in [0.29, 0.717) is 24.4 Å². The highest BCUT2D eigenvalue weighted by molar-refractivity contribution is 5.27. The van der Waals surface area contributed by atoms with Gasteiger partial charge in [-0.3, -0.25) is 4.68 Å². The van der Waals surface area contributed by atoms with Crippen LogP contribution in [-0.4, -0.2) is 20.0 Å². The number of anilines is 1. The predicted octanol–water partition coefficient (Wildman–Crippen LogP) is 2.77. The quantitative estimate of drug-likeness (QED) is 0.929. The van der Waals surface area contributed by atoms with Gasteiger partial charge in [-0.2, -0.15) is 5.10 Å². The number of nitrogens with zero attached hydrogens (tertiary/aromatic N) is 4. The zero-order valence-electron chi connectivity index (χ0n) is 12.1. The highest BCUT2D eigenvalue weighted by Crippen LogP contribution is 2.33. The Bertz CT molecular complexity index is 568. The molecule has 1 N–H and O–H groups in total. The van der Waals surface area contributed by atoms with Crippen molar-refractivity contribution in [3.8, 4) is 0 Å². The van der Waals surface area contributed by atoms with E-state index in [2.05, 4.69) is 26.8 Å². The Labute approximate surface area is 118 Å². The van der Waals surface area contributed by atoms with Crippen LogP contribution in [0, 0.1) is 6.92 Å². The maximum absolute atomic E-state index is 5.34. The molecule has 0 amide bonds. The molecule has 6 nitrogen and oxygen atoms in total. The number of hydrogen-bond acceptors (Lipinski definition) is 5. The summed E-state index contributed by atoms with van der Waals surface area (Å²) in [6.45, 7) is 2.47. The van der Waals surface area contributed by atoms with Crippen LogP contribution in [0.5, 0.6) is 0 Å². The number of hydrogen-bond donors (Lipinski definition) is 1. The van der Waals surface area contributed by atoms with Crippen LogP contribution in [0.15, 0.2) is 10.6 Å². The van der Waals surface area contributed by atoms with E-state index in [1.807, 2.05) is 11.7 Å². The van der Waals surface area contributed by atoms with E-state index in [4.69, 9.17) is 4.42 Å². The summed E-state index contributed by atoms with van der Waals surface area (Å²) < 4.78 is 7.24. The van der Waals surface area contributed by atoms with E-state index >= 15 is 0 Å². The minimum Gasteiger partial charge on any atom is -0.408 e. The SMILES string of the molecule is Cc1nnc(NCc2cn(C)nc2C2CCCCC2)o1. The second-order valence-corrected chi connectivity index (χ2v) is 5.53. The van der Waals surface area contributed by atoms with Gasteiger partial charge in [0.15, 0.2) is 0 Å². The topological polar surface area (TPSA) is 68.8 Å². The summed E-state index contributed by atoms with van der Waals surface area (Å²) in [5, 5.41) is 15.6. The van der Waals surface area contributed by atoms with Gasteiger partial charge in [-0.05, 0) is 12.8 Å². The molecule has 0 bridgehead atoms. The molecule has 1 fully saturated rings. The van der Waals surface area contributed by atoms with Crippen molar-refractivity contribution in [1.29, 1.82) is 0 Å². The summed E-state index contributed by atoms with van der Waals surface area (Å²) in [6.07, 6.45) is 8.58. The summed E-state index contributed by atoms with van der Waals surface area (Å²) in [6, 6.07) is 0.473. The Morgan fingerprint density at radius 3 is 2.80 bits per heavy atom. The standard InChI is InChI=1S/C14H21N5O/c1-10-16-17-14(20-10)15-8-12-9-19(2)18-13(12)11-6-4-3-5-7-11/h9,11H,3-8H2,1-2H3,(H,15,17). The van der Waals surface area contributed by atoms with E-state index in [9.17, 15) is 0 Å². The third-order valence-corrected chi connectivity index (χ3v) is 3.89. The van der Waals surface area contributed by atoms with Crippen molar-refractivity contribution >= 4 is 6.01 Å². The van der Waals surface area contributed by atoms with Crippen LogP contribution >= 0.6 is 0 Å². The van der Waals surface area contributed by atoms with Gasteiger partial charge >= 0.3 is 6.01 Å². The molecule has 2 aromatic rings. The fourth-order valence-corrected chi connectivity index (χ4v) is 2.95. The third-order valence-electron chi connectivity index (χ3n) is 3.89. The summed E-state index contributed by atoms with van der Waals surface area (Å²) in [5.74, 6) is 1.18. The summed E-state index contributed by atoms with van der Waals surface area (Å²) in [7, 11) is 1.98. The average molecular weight is 275 g/mol. The average Bonchev–Trinajstić information content (AvgIpc) is 3.03. The fourth-order valence-electron chi connectivity index (χ4n) is 2.95. The van der Waals surface area contributed by atoms with E-state index in [1.54, 1.807) is 6.92 Å². The molecule has 1 aliphatic carbocycles. The lowest BCUT2D eigenvalue weighted by Gasteiger charge is -2.20. The van der Waals surface area contributed by atoms with E-state index in [1.165, 1.54) is 43.4 Å². The highest BCUT2D eigenvalue weighted by Gasteiger charge is 2.21. The molecular weight excluding hydrogens is 254 g/mol. The van der Waals surface area contributed by atoms with Gasteiger partial charge in [-0.1, -0.05) is 24.4 Å². The van der Waals surface area contributed by atoms with Gasteiger partial charge in [-0.15, -0.1) is 5.10 Å². The van der Waals surface area contributed by atoms with E-state index in [-0.39, 0.29) is 0 Å². The van der Waals surface area contributed by atoms with E-state index < -0.39 is 0 Å². The first-order valence-electron chi connectivity index (χ1n) is 7.29. The smallest absolute Gasteiger partial charge is 0.315 e. The van der Waals surface area contributed by atoms with Crippen LogP contribution in [0.1, 0.15) is 55.2 Å². The Balaban J connectivity index is 1.71. The van der Waals surface area contributed by atoms with Crippen molar-refractivity contribution in [2.24, 2.45) is 7.05 Å². The first kappa shape index (κ1) is 13.1. The Kier molecular flexibility index (Phi) is 3.71.